The summed E-state index contributed by atoms with van der Waals surface area (Å²) in [5.74, 6) is 0. The van der Waals surface area contributed by atoms with Crippen LogP contribution in [-0.4, -0.2) is 34.7 Å². The van der Waals surface area contributed by atoms with Crippen LogP contribution in [0.15, 0.2) is 28.0 Å². The summed E-state index contributed by atoms with van der Waals surface area (Å²) in [6.45, 7) is 4.32. The fourth-order valence-corrected chi connectivity index (χ4v) is 1.89. The second-order valence-corrected chi connectivity index (χ2v) is 4.38. The molecule has 0 aliphatic heterocycles. The summed E-state index contributed by atoms with van der Waals surface area (Å²) in [6, 6.07) is 0. The van der Waals surface area contributed by atoms with Gasteiger partial charge in [-0.2, -0.15) is 0 Å². The van der Waals surface area contributed by atoms with Crippen LogP contribution in [0, 0.1) is 5.41 Å². The molecule has 0 aliphatic rings. The van der Waals surface area contributed by atoms with Gasteiger partial charge in [-0.1, -0.05) is 0 Å². The van der Waals surface area contributed by atoms with Crippen LogP contribution < -0.4 is 11.1 Å². The summed E-state index contributed by atoms with van der Waals surface area (Å²) in [5.41, 5.74) is 7.19. The van der Waals surface area contributed by atoms with Gasteiger partial charge in [0.15, 0.2) is 0 Å². The third-order valence-corrected chi connectivity index (χ3v) is 2.80. The van der Waals surface area contributed by atoms with Crippen molar-refractivity contribution in [2.24, 2.45) is 10.7 Å². The number of aliphatic imine (C=N–C) groups is 1. The van der Waals surface area contributed by atoms with E-state index in [0.717, 1.165) is 5.70 Å². The minimum absolute atomic E-state index is 0.270. The SMILES string of the molecule is CCN=CC(=CN)C(O)/C(C(=N)I)=C(\C)NC. The molecule has 0 aromatic rings. The van der Waals surface area contributed by atoms with Gasteiger partial charge in [-0.3, -0.25) is 10.4 Å². The monoisotopic (exact) mass is 350 g/mol. The molecule has 1 atom stereocenters. The van der Waals surface area contributed by atoms with Crippen LogP contribution in [0.3, 0.4) is 0 Å². The van der Waals surface area contributed by atoms with Crippen molar-refractivity contribution in [3.05, 3.63) is 23.0 Å². The Balaban J connectivity index is 5.29. The van der Waals surface area contributed by atoms with E-state index in [1.54, 1.807) is 14.0 Å². The van der Waals surface area contributed by atoms with Gasteiger partial charge in [-0.15, -0.1) is 0 Å². The lowest BCUT2D eigenvalue weighted by Gasteiger charge is -2.17. The van der Waals surface area contributed by atoms with Crippen LogP contribution in [-0.2, 0) is 0 Å². The van der Waals surface area contributed by atoms with E-state index in [-0.39, 0.29) is 3.72 Å². The Morgan fingerprint density at radius 1 is 1.65 bits per heavy atom. The van der Waals surface area contributed by atoms with Crippen LogP contribution >= 0.6 is 22.6 Å². The number of hydrogen-bond acceptors (Lipinski definition) is 5. The molecule has 0 amide bonds. The van der Waals surface area contributed by atoms with Crippen LogP contribution in [0.1, 0.15) is 13.8 Å². The van der Waals surface area contributed by atoms with Crippen molar-refractivity contribution in [2.75, 3.05) is 13.6 Å². The molecule has 5 nitrogen and oxygen atoms in total. The van der Waals surface area contributed by atoms with E-state index in [1.165, 1.54) is 12.4 Å². The largest absolute Gasteiger partial charge is 0.404 e. The molecule has 5 N–H and O–H groups in total. The summed E-state index contributed by atoms with van der Waals surface area (Å²) in [5, 5.41) is 20.8. The molecule has 0 aliphatic carbocycles. The van der Waals surface area contributed by atoms with E-state index in [4.69, 9.17) is 11.1 Å². The Morgan fingerprint density at radius 2 is 2.24 bits per heavy atom. The van der Waals surface area contributed by atoms with Crippen molar-refractivity contribution in [3.63, 3.8) is 0 Å². The minimum Gasteiger partial charge on any atom is -0.404 e. The van der Waals surface area contributed by atoms with E-state index in [0.29, 0.717) is 17.7 Å². The molecule has 1 unspecified atom stereocenters. The molecule has 0 spiro atoms. The van der Waals surface area contributed by atoms with E-state index in [1.807, 2.05) is 29.5 Å². The van der Waals surface area contributed by atoms with Crippen LogP contribution in [0.4, 0.5) is 0 Å². The van der Waals surface area contributed by atoms with Crippen molar-refractivity contribution in [2.45, 2.75) is 20.0 Å². The van der Waals surface area contributed by atoms with Gasteiger partial charge in [0.1, 0.15) is 6.10 Å². The predicted molar refractivity (Wildman–Crippen MR) is 80.8 cm³/mol. The number of aliphatic hydroxyl groups excluding tert-OH is 1. The van der Waals surface area contributed by atoms with Gasteiger partial charge in [0.05, 0.1) is 3.72 Å². The predicted octanol–water partition coefficient (Wildman–Crippen LogP) is 1.19. The Morgan fingerprint density at radius 3 is 2.59 bits per heavy atom. The van der Waals surface area contributed by atoms with Gasteiger partial charge in [0.2, 0.25) is 0 Å². The minimum atomic E-state index is -0.938. The number of nitrogens with one attached hydrogen (secondary N) is 2. The van der Waals surface area contributed by atoms with Crippen LogP contribution in [0.5, 0.6) is 0 Å². The quantitative estimate of drug-likeness (QED) is 0.428. The fourth-order valence-electron chi connectivity index (χ4n) is 1.19. The zero-order valence-corrected chi connectivity index (χ0v) is 12.4. The molecule has 0 fully saturated rings. The summed E-state index contributed by atoms with van der Waals surface area (Å²) < 4.78 is 0.270. The number of nitrogens with zero attached hydrogens (tertiary/aromatic N) is 1. The number of rotatable bonds is 6. The maximum Gasteiger partial charge on any atom is 0.111 e. The highest BCUT2D eigenvalue weighted by Crippen LogP contribution is 2.18. The highest BCUT2D eigenvalue weighted by atomic mass is 127. The maximum atomic E-state index is 10.2. The zero-order chi connectivity index (χ0) is 13.4. The van der Waals surface area contributed by atoms with Gasteiger partial charge >= 0.3 is 0 Å². The van der Waals surface area contributed by atoms with Crippen molar-refractivity contribution in [1.82, 2.24) is 5.32 Å². The summed E-state index contributed by atoms with van der Waals surface area (Å²) in [7, 11) is 1.74. The van der Waals surface area contributed by atoms with Gasteiger partial charge in [-0.05, 0) is 36.4 Å². The van der Waals surface area contributed by atoms with E-state index >= 15 is 0 Å². The van der Waals surface area contributed by atoms with Crippen molar-refractivity contribution in [3.8, 4) is 0 Å². The second kappa shape index (κ2) is 8.24. The first-order valence-electron chi connectivity index (χ1n) is 5.22. The van der Waals surface area contributed by atoms with Gasteiger partial charge in [-0.25, -0.2) is 0 Å². The van der Waals surface area contributed by atoms with E-state index in [2.05, 4.69) is 10.3 Å². The number of hydrogen-bond donors (Lipinski definition) is 4. The third-order valence-electron chi connectivity index (χ3n) is 2.22. The lowest BCUT2D eigenvalue weighted by atomic mass is 10.0. The molecule has 0 saturated carbocycles. The molecule has 0 heterocycles. The molecular weight excluding hydrogens is 331 g/mol. The van der Waals surface area contributed by atoms with Crippen molar-refractivity contribution in [1.29, 1.82) is 5.41 Å². The average molecular weight is 350 g/mol. The second-order valence-electron chi connectivity index (χ2n) is 3.30. The van der Waals surface area contributed by atoms with Crippen molar-refractivity contribution < 1.29 is 5.11 Å². The smallest absolute Gasteiger partial charge is 0.111 e. The number of allylic oxidation sites excluding steroid dienone is 1. The Bertz CT molecular complexity index is 360. The van der Waals surface area contributed by atoms with Gasteiger partial charge in [0, 0.05) is 42.9 Å². The number of nitrogens with two attached hydrogens (primary N) is 1. The highest BCUT2D eigenvalue weighted by molar-refractivity contribution is 14.1. The average Bonchev–Trinajstić information content (AvgIpc) is 2.29. The van der Waals surface area contributed by atoms with E-state index in [9.17, 15) is 5.11 Å². The van der Waals surface area contributed by atoms with Crippen molar-refractivity contribution >= 4 is 32.5 Å². The topological polar surface area (TPSA) is 94.5 Å². The molecule has 0 radical (unpaired) electrons. The van der Waals surface area contributed by atoms with Crippen LogP contribution in [0.25, 0.3) is 0 Å². The van der Waals surface area contributed by atoms with Gasteiger partial charge in [0.25, 0.3) is 0 Å². The third kappa shape index (κ3) is 4.86. The Labute approximate surface area is 116 Å². The van der Waals surface area contributed by atoms with Gasteiger partial charge < -0.3 is 16.2 Å². The van der Waals surface area contributed by atoms with Crippen LogP contribution in [0.2, 0.25) is 0 Å². The molecule has 6 heteroatoms. The first-order valence-corrected chi connectivity index (χ1v) is 6.30. The summed E-state index contributed by atoms with van der Waals surface area (Å²) >= 11 is 1.86. The normalized spacial score (nSPS) is 15.7. The zero-order valence-electron chi connectivity index (χ0n) is 10.3. The first kappa shape index (κ1) is 16.1. The fraction of sp³-hybridized carbons (Fsp3) is 0.455. The maximum absolute atomic E-state index is 10.2. The molecule has 17 heavy (non-hydrogen) atoms. The summed E-state index contributed by atoms with van der Waals surface area (Å²) in [4.78, 5) is 4.04. The lowest BCUT2D eigenvalue weighted by molar-refractivity contribution is 0.258. The molecule has 0 bridgehead atoms. The summed E-state index contributed by atoms with van der Waals surface area (Å²) in [6.07, 6.45) is 1.91. The molecule has 0 saturated heterocycles. The molecule has 96 valence electrons. The number of aliphatic hydroxyl groups is 1. The molecule has 0 aromatic heterocycles. The first-order chi connectivity index (χ1) is 7.99. The molecular formula is C11H19IN4O. The lowest BCUT2D eigenvalue weighted by Crippen LogP contribution is -2.23. The van der Waals surface area contributed by atoms with E-state index < -0.39 is 6.10 Å². The molecule has 0 rings (SSSR count). The molecule has 0 aromatic carbocycles. The highest BCUT2D eigenvalue weighted by Gasteiger charge is 2.19. The standard InChI is InChI=1S/C11H19IN4O/c1-4-16-6-8(5-13)10(17)9(11(12)14)7(2)15-3/h5-6,10,14-15,17H,4,13H2,1-3H3/b8-5?,9-7-,14-11?,16-6?. The number of halogens is 1. The Kier molecular flexibility index (Phi) is 7.81. The Hall–Kier alpha value is -0.890.